The smallest absolute Gasteiger partial charge is 0.416 e. The van der Waals surface area contributed by atoms with Crippen LogP contribution in [0.1, 0.15) is 55.4 Å². The summed E-state index contributed by atoms with van der Waals surface area (Å²) in [4.78, 5) is 55.5. The number of nitrogens with zero attached hydrogens (tertiary/aromatic N) is 2. The van der Waals surface area contributed by atoms with Gasteiger partial charge in [-0.1, -0.05) is 83.9 Å². The summed E-state index contributed by atoms with van der Waals surface area (Å²) in [6.07, 6.45) is -6.15. The Kier molecular flexibility index (Phi) is 12.5. The maximum absolute atomic E-state index is 14.2. The largest absolute Gasteiger partial charge is 0.489 e. The Balaban J connectivity index is 1.03. The van der Waals surface area contributed by atoms with Crippen molar-refractivity contribution >= 4 is 52.6 Å². The van der Waals surface area contributed by atoms with Crippen LogP contribution in [0, 0.1) is 11.3 Å². The fraction of sp³-hybridized carbons (Fsp3) is 0.163. The van der Waals surface area contributed by atoms with Crippen LogP contribution in [0.2, 0.25) is 10.0 Å². The van der Waals surface area contributed by atoms with Gasteiger partial charge in [0.2, 0.25) is 12.0 Å². The van der Waals surface area contributed by atoms with Crippen LogP contribution < -0.4 is 20.1 Å². The standard InChI is InChI=1S/C49H35Cl2F3N4O7/c50-38-17-8-29(18-39(38)51)26-64-37-15-13-32(14-16-37)44-46(60)56-40-21-34-22-42(58(25-35(34)23-43(40)65-44)47(61)33-2-1-3-36(20-33)49(52,53)54)45(59)57-41(48(62)63)19-27-4-9-30(10-5-27)31-11-6-28(24-55)7-12-31/h1-18,20-21,23,41-42,44H,19,22,25-26H2,(H,56,60)(H,57,59)(H,62,63)/t41-,42-,44?/m0/s1. The zero-order valence-electron chi connectivity index (χ0n) is 33.9. The van der Waals surface area contributed by atoms with Gasteiger partial charge in [-0.05, 0) is 100 Å². The number of anilines is 1. The SMILES string of the molecule is N#Cc1ccc(-c2ccc(C[C@H](NC(=O)[C@@H]3Cc4cc5c(cc4CN3C(=O)c3cccc(C(F)(F)F)c3)OC(c3ccc(OCc4ccc(Cl)c(Cl)c4)cc3)C(=O)N5)C(=O)O)cc2)cc1. The van der Waals surface area contributed by atoms with Crippen LogP contribution in [-0.2, 0) is 46.6 Å². The second-order valence-corrected chi connectivity index (χ2v) is 16.2. The molecule has 3 atom stereocenters. The maximum Gasteiger partial charge on any atom is 0.416 e. The molecule has 2 aliphatic rings. The lowest BCUT2D eigenvalue weighted by molar-refractivity contribution is -0.142. The highest BCUT2D eigenvalue weighted by atomic mass is 35.5. The van der Waals surface area contributed by atoms with Crippen molar-refractivity contribution in [2.45, 2.75) is 50.4 Å². The monoisotopic (exact) mass is 918 g/mol. The van der Waals surface area contributed by atoms with Gasteiger partial charge in [0.25, 0.3) is 11.8 Å². The van der Waals surface area contributed by atoms with Gasteiger partial charge in [0.05, 0.1) is 32.9 Å². The Labute approximate surface area is 379 Å². The van der Waals surface area contributed by atoms with Crippen molar-refractivity contribution in [2.24, 2.45) is 0 Å². The van der Waals surface area contributed by atoms with Crippen molar-refractivity contribution in [3.05, 3.63) is 182 Å². The van der Waals surface area contributed by atoms with Gasteiger partial charge in [0.15, 0.2) is 0 Å². The van der Waals surface area contributed by atoms with Crippen molar-refractivity contribution in [3.63, 3.8) is 0 Å². The number of ether oxygens (including phenoxy) is 2. The molecule has 3 amide bonds. The third-order valence-electron chi connectivity index (χ3n) is 11.1. The van der Waals surface area contributed by atoms with Gasteiger partial charge in [0, 0.05) is 30.5 Å². The summed E-state index contributed by atoms with van der Waals surface area (Å²) in [6, 6.07) is 32.1. The third kappa shape index (κ3) is 9.92. The first kappa shape index (κ1) is 44.3. The molecule has 0 saturated carbocycles. The molecule has 0 fully saturated rings. The number of nitrogens with one attached hydrogen (secondary N) is 2. The predicted octanol–water partition coefficient (Wildman–Crippen LogP) is 9.58. The number of hydrogen-bond acceptors (Lipinski definition) is 7. The van der Waals surface area contributed by atoms with E-state index in [-0.39, 0.29) is 43.0 Å². The highest BCUT2D eigenvalue weighted by Gasteiger charge is 2.40. The molecular weight excluding hydrogens is 884 g/mol. The molecule has 6 aromatic rings. The quantitative estimate of drug-likeness (QED) is 0.116. The van der Waals surface area contributed by atoms with Gasteiger partial charge in [-0.15, -0.1) is 0 Å². The van der Waals surface area contributed by atoms with E-state index in [1.165, 1.54) is 6.07 Å². The molecule has 0 bridgehead atoms. The van der Waals surface area contributed by atoms with Crippen molar-refractivity contribution < 1.29 is 46.9 Å². The number of benzene rings is 6. The second kappa shape index (κ2) is 18.4. The van der Waals surface area contributed by atoms with Crippen LogP contribution in [-0.4, -0.2) is 45.8 Å². The number of nitriles is 1. The number of fused-ring (bicyclic) bond motifs is 2. The predicted molar refractivity (Wildman–Crippen MR) is 234 cm³/mol. The molecule has 2 heterocycles. The van der Waals surface area contributed by atoms with Crippen LogP contribution >= 0.6 is 23.2 Å². The molecular formula is C49H35Cl2F3N4O7. The van der Waals surface area contributed by atoms with Crippen LogP contribution in [0.25, 0.3) is 11.1 Å². The molecule has 0 aromatic heterocycles. The second-order valence-electron chi connectivity index (χ2n) is 15.4. The lowest BCUT2D eigenvalue weighted by Gasteiger charge is -2.38. The molecule has 65 heavy (non-hydrogen) atoms. The van der Waals surface area contributed by atoms with Crippen LogP contribution in [0.4, 0.5) is 18.9 Å². The number of halogens is 5. The minimum absolute atomic E-state index is 0.133. The normalized spacial score (nSPS) is 15.9. The Hall–Kier alpha value is -7.34. The summed E-state index contributed by atoms with van der Waals surface area (Å²) < 4.78 is 53.4. The Morgan fingerprint density at radius 2 is 1.57 bits per heavy atom. The molecule has 8 rings (SSSR count). The lowest BCUT2D eigenvalue weighted by Crippen LogP contribution is -2.56. The summed E-state index contributed by atoms with van der Waals surface area (Å²) in [5.74, 6) is -2.81. The first-order valence-corrected chi connectivity index (χ1v) is 20.8. The number of amides is 3. The Bertz CT molecular complexity index is 2870. The van der Waals surface area contributed by atoms with Crippen LogP contribution in [0.3, 0.4) is 0 Å². The molecule has 16 heteroatoms. The van der Waals surface area contributed by atoms with Crippen molar-refractivity contribution in [1.82, 2.24) is 10.2 Å². The van der Waals surface area contributed by atoms with Crippen LogP contribution in [0.15, 0.2) is 127 Å². The molecule has 0 radical (unpaired) electrons. The van der Waals surface area contributed by atoms with Gasteiger partial charge in [-0.25, -0.2) is 4.79 Å². The van der Waals surface area contributed by atoms with Crippen LogP contribution in [0.5, 0.6) is 11.5 Å². The zero-order valence-corrected chi connectivity index (χ0v) is 35.4. The fourth-order valence-corrected chi connectivity index (χ4v) is 7.98. The highest BCUT2D eigenvalue weighted by molar-refractivity contribution is 6.42. The minimum atomic E-state index is -4.76. The number of carboxylic acids is 1. The fourth-order valence-electron chi connectivity index (χ4n) is 7.66. The first-order valence-electron chi connectivity index (χ1n) is 20.0. The van der Waals surface area contributed by atoms with E-state index in [0.29, 0.717) is 49.7 Å². The number of carbonyl (C=O) groups excluding carboxylic acids is 3. The molecule has 0 spiro atoms. The van der Waals surface area contributed by atoms with Gasteiger partial charge in [0.1, 0.15) is 30.2 Å². The molecule has 6 aromatic carbocycles. The van der Waals surface area contributed by atoms with E-state index in [1.807, 2.05) is 0 Å². The van der Waals surface area contributed by atoms with E-state index in [9.17, 15) is 37.5 Å². The average molecular weight is 920 g/mol. The van der Waals surface area contributed by atoms with Gasteiger partial charge in [-0.3, -0.25) is 14.4 Å². The van der Waals surface area contributed by atoms with E-state index < -0.39 is 53.6 Å². The summed E-state index contributed by atoms with van der Waals surface area (Å²) in [5, 5.41) is 25.6. The summed E-state index contributed by atoms with van der Waals surface area (Å²) in [5.41, 5.74) is 3.93. The average Bonchev–Trinajstić information content (AvgIpc) is 3.30. The van der Waals surface area contributed by atoms with E-state index in [4.69, 9.17) is 37.9 Å². The number of carbonyl (C=O) groups is 4. The lowest BCUT2D eigenvalue weighted by atomic mass is 9.91. The third-order valence-corrected chi connectivity index (χ3v) is 11.8. The summed E-state index contributed by atoms with van der Waals surface area (Å²) >= 11 is 12.1. The molecule has 0 saturated heterocycles. The molecule has 0 aliphatic carbocycles. The van der Waals surface area contributed by atoms with Gasteiger partial charge in [-0.2, -0.15) is 18.4 Å². The summed E-state index contributed by atoms with van der Waals surface area (Å²) in [6.45, 7) is -0.0560. The first-order chi connectivity index (χ1) is 31.1. The van der Waals surface area contributed by atoms with E-state index in [1.54, 1.807) is 103 Å². The maximum atomic E-state index is 14.2. The highest BCUT2D eigenvalue weighted by Crippen LogP contribution is 2.40. The molecule has 2 aliphatic heterocycles. The topological polar surface area (TPSA) is 158 Å². The molecule has 3 N–H and O–H groups in total. The Morgan fingerprint density at radius 3 is 2.23 bits per heavy atom. The van der Waals surface area contributed by atoms with Crippen molar-refractivity contribution in [3.8, 4) is 28.7 Å². The van der Waals surface area contributed by atoms with Gasteiger partial charge >= 0.3 is 12.1 Å². The number of rotatable bonds is 11. The van der Waals surface area contributed by atoms with E-state index in [2.05, 4.69) is 16.7 Å². The molecule has 1 unspecified atom stereocenters. The molecule has 11 nitrogen and oxygen atoms in total. The zero-order chi connectivity index (χ0) is 46.0. The van der Waals surface area contributed by atoms with Crippen molar-refractivity contribution in [1.29, 1.82) is 5.26 Å². The Morgan fingerprint density at radius 1 is 0.877 bits per heavy atom. The number of alkyl halides is 3. The number of hydrogen-bond donors (Lipinski definition) is 3. The number of aliphatic carboxylic acids is 1. The summed E-state index contributed by atoms with van der Waals surface area (Å²) in [7, 11) is 0. The van der Waals surface area contributed by atoms with E-state index >= 15 is 0 Å². The van der Waals surface area contributed by atoms with Gasteiger partial charge < -0.3 is 30.1 Å². The molecule has 328 valence electrons. The minimum Gasteiger partial charge on any atom is -0.489 e. The van der Waals surface area contributed by atoms with E-state index in [0.717, 1.165) is 33.7 Å². The van der Waals surface area contributed by atoms with Crippen molar-refractivity contribution in [2.75, 3.05) is 5.32 Å². The number of carboxylic acid groups (broad SMARTS) is 1.